The standard InChI is InChI=1S/C22H33N5/c1-5-22(20-25-18-9-6-7-10-19(18)26-20)13-8-14-27(21(22)24-15-23)17(4)12-11-16(2)3/h6-7,9-10,16-18,20,25H,5,8,11-14H2,1-4H3. The van der Waals surface area contributed by atoms with E-state index in [1.807, 2.05) is 6.08 Å². The molecule has 4 unspecified atom stereocenters. The topological polar surface area (TPSA) is 63.8 Å². The molecule has 4 atom stereocenters. The Bertz CT molecular complexity index is 696. The van der Waals surface area contributed by atoms with Crippen molar-refractivity contribution in [3.8, 4) is 6.19 Å². The van der Waals surface area contributed by atoms with E-state index in [-0.39, 0.29) is 17.6 Å². The van der Waals surface area contributed by atoms with Crippen molar-refractivity contribution in [3.63, 3.8) is 0 Å². The molecule has 146 valence electrons. The number of piperidine rings is 1. The molecule has 1 N–H and O–H groups in total. The van der Waals surface area contributed by atoms with Gasteiger partial charge in [0.25, 0.3) is 0 Å². The summed E-state index contributed by atoms with van der Waals surface area (Å²) in [5.41, 5.74) is 0.878. The first-order chi connectivity index (χ1) is 13.0. The predicted molar refractivity (Wildman–Crippen MR) is 112 cm³/mol. The van der Waals surface area contributed by atoms with Crippen LogP contribution in [-0.2, 0) is 0 Å². The summed E-state index contributed by atoms with van der Waals surface area (Å²) in [5, 5.41) is 13.2. The zero-order valence-corrected chi connectivity index (χ0v) is 17.2. The van der Waals surface area contributed by atoms with Crippen molar-refractivity contribution in [2.24, 2.45) is 21.3 Å². The van der Waals surface area contributed by atoms with E-state index in [4.69, 9.17) is 4.99 Å². The molecular formula is C22H33N5. The third kappa shape index (κ3) is 3.87. The lowest BCUT2D eigenvalue weighted by molar-refractivity contribution is 0.163. The average molecular weight is 368 g/mol. The lowest BCUT2D eigenvalue weighted by Gasteiger charge is -2.48. The molecular weight excluding hydrogens is 334 g/mol. The Morgan fingerprint density at radius 2 is 2.19 bits per heavy atom. The highest BCUT2D eigenvalue weighted by atomic mass is 15.3. The van der Waals surface area contributed by atoms with Gasteiger partial charge in [0.2, 0.25) is 6.19 Å². The van der Waals surface area contributed by atoms with Crippen molar-refractivity contribution in [2.45, 2.75) is 78.0 Å². The maximum Gasteiger partial charge on any atom is 0.207 e. The summed E-state index contributed by atoms with van der Waals surface area (Å²) in [4.78, 5) is 11.8. The van der Waals surface area contributed by atoms with Gasteiger partial charge in [0, 0.05) is 12.6 Å². The van der Waals surface area contributed by atoms with Crippen molar-refractivity contribution >= 4 is 11.5 Å². The number of aliphatic imine (C=N–C) groups is 2. The second-order valence-corrected chi connectivity index (χ2v) is 8.51. The van der Waals surface area contributed by atoms with Crippen LogP contribution in [0.25, 0.3) is 0 Å². The number of nitriles is 1. The largest absolute Gasteiger partial charge is 0.356 e. The van der Waals surface area contributed by atoms with Gasteiger partial charge in [0.1, 0.15) is 12.0 Å². The first-order valence-electron chi connectivity index (χ1n) is 10.4. The molecule has 2 aliphatic heterocycles. The number of nitrogens with one attached hydrogen (secondary N) is 1. The molecule has 0 radical (unpaired) electrons. The molecule has 27 heavy (non-hydrogen) atoms. The summed E-state index contributed by atoms with van der Waals surface area (Å²) >= 11 is 0. The Balaban J connectivity index is 1.90. The SMILES string of the molecule is CCC1(C2N=C3C=CC=CC3N2)CCCN(C(C)CCC(C)C)C1=NC#N. The third-order valence-corrected chi connectivity index (χ3v) is 6.36. The van der Waals surface area contributed by atoms with E-state index in [1.165, 1.54) is 6.42 Å². The molecule has 5 heteroatoms. The molecule has 5 nitrogen and oxygen atoms in total. The van der Waals surface area contributed by atoms with E-state index in [0.717, 1.165) is 43.8 Å². The minimum absolute atomic E-state index is 0.0258. The second kappa shape index (κ2) is 8.39. The van der Waals surface area contributed by atoms with Crippen LogP contribution < -0.4 is 5.32 Å². The van der Waals surface area contributed by atoms with Gasteiger partial charge >= 0.3 is 0 Å². The maximum absolute atomic E-state index is 9.47. The van der Waals surface area contributed by atoms with E-state index in [2.05, 4.69) is 67.3 Å². The Kier molecular flexibility index (Phi) is 6.16. The molecule has 0 aromatic rings. The molecule has 3 rings (SSSR count). The molecule has 0 aromatic heterocycles. The van der Waals surface area contributed by atoms with Crippen molar-refractivity contribution < 1.29 is 0 Å². The number of amidine groups is 1. The van der Waals surface area contributed by atoms with Crippen LogP contribution in [0, 0.1) is 22.8 Å². The van der Waals surface area contributed by atoms with Crippen molar-refractivity contribution in [2.75, 3.05) is 6.54 Å². The lowest BCUT2D eigenvalue weighted by Crippen LogP contribution is -2.59. The average Bonchev–Trinajstić information content (AvgIpc) is 3.11. The Morgan fingerprint density at radius 1 is 1.37 bits per heavy atom. The van der Waals surface area contributed by atoms with Gasteiger partial charge in [0.15, 0.2) is 0 Å². The predicted octanol–water partition coefficient (Wildman–Crippen LogP) is 4.05. The van der Waals surface area contributed by atoms with E-state index >= 15 is 0 Å². The molecule has 1 saturated heterocycles. The zero-order chi connectivity index (χ0) is 19.4. The van der Waals surface area contributed by atoms with Crippen LogP contribution in [-0.4, -0.2) is 41.2 Å². The molecule has 1 fully saturated rings. The first kappa shape index (κ1) is 19.8. The monoisotopic (exact) mass is 367 g/mol. The summed E-state index contributed by atoms with van der Waals surface area (Å²) in [5.74, 6) is 1.64. The van der Waals surface area contributed by atoms with E-state index in [9.17, 15) is 5.26 Å². The molecule has 2 heterocycles. The van der Waals surface area contributed by atoms with E-state index in [0.29, 0.717) is 12.0 Å². The van der Waals surface area contributed by atoms with Gasteiger partial charge in [-0.3, -0.25) is 10.3 Å². The summed E-state index contributed by atoms with van der Waals surface area (Å²) in [6.07, 6.45) is 15.8. The number of allylic oxidation sites excluding steroid dienone is 2. The quantitative estimate of drug-likeness (QED) is 0.720. The Labute approximate surface area is 163 Å². The molecule has 3 aliphatic rings. The first-order valence-corrected chi connectivity index (χ1v) is 10.4. The van der Waals surface area contributed by atoms with Crippen LogP contribution in [0.1, 0.15) is 59.8 Å². The smallest absolute Gasteiger partial charge is 0.207 e. The van der Waals surface area contributed by atoms with Crippen LogP contribution in [0.15, 0.2) is 34.3 Å². The number of hydrogen-bond acceptors (Lipinski definition) is 4. The van der Waals surface area contributed by atoms with Crippen molar-refractivity contribution in [3.05, 3.63) is 24.3 Å². The number of likely N-dealkylation sites (tertiary alicyclic amines) is 1. The molecule has 1 aliphatic carbocycles. The van der Waals surface area contributed by atoms with Gasteiger partial charge in [-0.25, -0.2) is 0 Å². The van der Waals surface area contributed by atoms with Crippen LogP contribution in [0.5, 0.6) is 0 Å². The fourth-order valence-electron chi connectivity index (χ4n) is 4.67. The summed E-state index contributed by atoms with van der Waals surface area (Å²) in [6, 6.07) is 0.572. The van der Waals surface area contributed by atoms with Gasteiger partial charge in [-0.2, -0.15) is 10.3 Å². The fraction of sp³-hybridized carbons (Fsp3) is 0.682. The minimum Gasteiger partial charge on any atom is -0.356 e. The Hall–Kier alpha value is -1.93. The Morgan fingerprint density at radius 3 is 2.85 bits per heavy atom. The van der Waals surface area contributed by atoms with Crippen LogP contribution in [0.4, 0.5) is 0 Å². The normalized spacial score (nSPS) is 32.5. The minimum atomic E-state index is -0.216. The lowest BCUT2D eigenvalue weighted by atomic mass is 9.73. The van der Waals surface area contributed by atoms with Gasteiger partial charge in [-0.1, -0.05) is 39.0 Å². The highest BCUT2D eigenvalue weighted by Crippen LogP contribution is 2.42. The van der Waals surface area contributed by atoms with Gasteiger partial charge in [-0.15, -0.1) is 0 Å². The van der Waals surface area contributed by atoms with Crippen LogP contribution in [0.2, 0.25) is 0 Å². The molecule has 0 spiro atoms. The third-order valence-electron chi connectivity index (χ3n) is 6.36. The van der Waals surface area contributed by atoms with E-state index in [1.54, 1.807) is 0 Å². The zero-order valence-electron chi connectivity index (χ0n) is 17.2. The summed E-state index contributed by atoms with van der Waals surface area (Å²) < 4.78 is 0. The number of hydrogen-bond donors (Lipinski definition) is 1. The van der Waals surface area contributed by atoms with Gasteiger partial charge < -0.3 is 4.90 Å². The van der Waals surface area contributed by atoms with Crippen LogP contribution >= 0.6 is 0 Å². The van der Waals surface area contributed by atoms with E-state index < -0.39 is 0 Å². The number of fused-ring (bicyclic) bond motifs is 1. The van der Waals surface area contributed by atoms with Crippen molar-refractivity contribution in [1.29, 1.82) is 5.26 Å². The van der Waals surface area contributed by atoms with Crippen LogP contribution in [0.3, 0.4) is 0 Å². The number of rotatable bonds is 6. The molecule has 0 amide bonds. The fourth-order valence-corrected chi connectivity index (χ4v) is 4.67. The number of nitrogens with zero attached hydrogens (tertiary/aromatic N) is 4. The second-order valence-electron chi connectivity index (χ2n) is 8.51. The highest BCUT2D eigenvalue weighted by molar-refractivity contribution is 6.04. The highest BCUT2D eigenvalue weighted by Gasteiger charge is 2.50. The summed E-state index contributed by atoms with van der Waals surface area (Å²) in [7, 11) is 0. The van der Waals surface area contributed by atoms with Gasteiger partial charge in [-0.05, 0) is 51.0 Å². The summed E-state index contributed by atoms with van der Waals surface area (Å²) in [6.45, 7) is 10.0. The van der Waals surface area contributed by atoms with Gasteiger partial charge in [0.05, 0.1) is 17.2 Å². The van der Waals surface area contributed by atoms with Crippen molar-refractivity contribution in [1.82, 2.24) is 10.2 Å². The molecule has 0 aromatic carbocycles. The maximum atomic E-state index is 9.47. The molecule has 0 saturated carbocycles. The molecule has 0 bridgehead atoms.